The zero-order chi connectivity index (χ0) is 13.5. The highest BCUT2D eigenvalue weighted by Crippen LogP contribution is 2.20. The molecule has 0 bridgehead atoms. The van der Waals surface area contributed by atoms with Gasteiger partial charge in [0.15, 0.2) is 0 Å². The van der Waals surface area contributed by atoms with Gasteiger partial charge < -0.3 is 15.0 Å². The summed E-state index contributed by atoms with van der Waals surface area (Å²) in [4.78, 5) is 2.16. The molecule has 3 heteroatoms. The first-order valence-corrected chi connectivity index (χ1v) is 6.54. The van der Waals surface area contributed by atoms with E-state index in [1.165, 1.54) is 11.1 Å². The summed E-state index contributed by atoms with van der Waals surface area (Å²) in [6, 6.07) is 6.46. The summed E-state index contributed by atoms with van der Waals surface area (Å²) in [5, 5.41) is 3.45. The average molecular weight is 250 g/mol. The summed E-state index contributed by atoms with van der Waals surface area (Å²) in [6.45, 7) is 7.26. The molecule has 1 rings (SSSR count). The first kappa shape index (κ1) is 15.0. The molecule has 0 aliphatic carbocycles. The minimum Gasteiger partial charge on any atom is -0.496 e. The van der Waals surface area contributed by atoms with Gasteiger partial charge in [-0.25, -0.2) is 0 Å². The fraction of sp³-hybridized carbons (Fsp3) is 0.600. The lowest BCUT2D eigenvalue weighted by Gasteiger charge is -2.14. The van der Waals surface area contributed by atoms with Crippen LogP contribution in [0.1, 0.15) is 25.0 Å². The van der Waals surface area contributed by atoms with Gasteiger partial charge in [0, 0.05) is 18.7 Å². The van der Waals surface area contributed by atoms with Crippen LogP contribution in [-0.4, -0.2) is 32.6 Å². The van der Waals surface area contributed by atoms with Crippen molar-refractivity contribution in [1.82, 2.24) is 10.2 Å². The fourth-order valence-corrected chi connectivity index (χ4v) is 1.89. The molecule has 0 aliphatic heterocycles. The van der Waals surface area contributed by atoms with Gasteiger partial charge in [-0.2, -0.15) is 0 Å². The van der Waals surface area contributed by atoms with Crippen molar-refractivity contribution in [2.45, 2.75) is 26.9 Å². The van der Waals surface area contributed by atoms with Gasteiger partial charge in [0.25, 0.3) is 0 Å². The third-order valence-corrected chi connectivity index (χ3v) is 2.72. The van der Waals surface area contributed by atoms with Gasteiger partial charge in [0.05, 0.1) is 7.11 Å². The van der Waals surface area contributed by atoms with Crippen LogP contribution in [0.4, 0.5) is 0 Å². The normalized spacial score (nSPS) is 11.3. The van der Waals surface area contributed by atoms with E-state index >= 15 is 0 Å². The zero-order valence-electron chi connectivity index (χ0n) is 12.3. The fourth-order valence-electron chi connectivity index (χ4n) is 1.89. The molecule has 3 nitrogen and oxygen atoms in total. The number of benzene rings is 1. The predicted octanol–water partition coefficient (Wildman–Crippen LogP) is 2.50. The first-order chi connectivity index (χ1) is 8.52. The molecule has 0 saturated carbocycles. The smallest absolute Gasteiger partial charge is 0.123 e. The lowest BCUT2D eigenvalue weighted by molar-refractivity contribution is 0.392. The third kappa shape index (κ3) is 5.07. The van der Waals surface area contributed by atoms with Crippen LogP contribution in [-0.2, 0) is 13.1 Å². The monoisotopic (exact) mass is 250 g/mol. The lowest BCUT2D eigenvalue weighted by Crippen LogP contribution is -2.19. The topological polar surface area (TPSA) is 24.5 Å². The van der Waals surface area contributed by atoms with Gasteiger partial charge in [0.2, 0.25) is 0 Å². The van der Waals surface area contributed by atoms with Crippen LogP contribution in [0, 0.1) is 5.92 Å². The summed E-state index contributed by atoms with van der Waals surface area (Å²) in [6.07, 6.45) is 0. The molecule has 0 unspecified atom stereocenters. The third-order valence-electron chi connectivity index (χ3n) is 2.72. The molecule has 18 heavy (non-hydrogen) atoms. The van der Waals surface area contributed by atoms with E-state index in [2.05, 4.69) is 56.4 Å². The molecule has 0 spiro atoms. The average Bonchev–Trinajstić information content (AvgIpc) is 2.29. The van der Waals surface area contributed by atoms with Crippen molar-refractivity contribution in [2.75, 3.05) is 27.7 Å². The number of hydrogen-bond donors (Lipinski definition) is 1. The Morgan fingerprint density at radius 3 is 2.56 bits per heavy atom. The van der Waals surface area contributed by atoms with Crippen molar-refractivity contribution in [3.63, 3.8) is 0 Å². The zero-order valence-corrected chi connectivity index (χ0v) is 12.3. The van der Waals surface area contributed by atoms with E-state index in [1.807, 2.05) is 0 Å². The largest absolute Gasteiger partial charge is 0.496 e. The number of nitrogens with zero attached hydrogens (tertiary/aromatic N) is 1. The van der Waals surface area contributed by atoms with E-state index in [0.29, 0.717) is 5.92 Å². The molecular weight excluding hydrogens is 224 g/mol. The maximum Gasteiger partial charge on any atom is 0.123 e. The second-order valence-electron chi connectivity index (χ2n) is 5.41. The van der Waals surface area contributed by atoms with Crippen LogP contribution >= 0.6 is 0 Å². The SMILES string of the molecule is COc1cc(CN(C)C)ccc1CNCC(C)C. The maximum absolute atomic E-state index is 5.47. The van der Waals surface area contributed by atoms with E-state index in [9.17, 15) is 0 Å². The molecule has 0 fully saturated rings. The molecular formula is C15H26N2O. The van der Waals surface area contributed by atoms with Crippen molar-refractivity contribution in [2.24, 2.45) is 5.92 Å². The quantitative estimate of drug-likeness (QED) is 0.804. The van der Waals surface area contributed by atoms with Gasteiger partial charge in [-0.3, -0.25) is 0 Å². The Hall–Kier alpha value is -1.06. The van der Waals surface area contributed by atoms with E-state index in [-0.39, 0.29) is 0 Å². The standard InChI is InChI=1S/C15H26N2O/c1-12(2)9-16-10-14-7-6-13(11-17(3)4)8-15(14)18-5/h6-8,12,16H,9-11H2,1-5H3. The highest BCUT2D eigenvalue weighted by atomic mass is 16.5. The molecule has 0 atom stereocenters. The Balaban J connectivity index is 2.67. The van der Waals surface area contributed by atoms with Crippen molar-refractivity contribution >= 4 is 0 Å². The highest BCUT2D eigenvalue weighted by Gasteiger charge is 2.05. The van der Waals surface area contributed by atoms with Crippen molar-refractivity contribution in [3.05, 3.63) is 29.3 Å². The van der Waals surface area contributed by atoms with Crippen molar-refractivity contribution in [3.8, 4) is 5.75 Å². The van der Waals surface area contributed by atoms with E-state index < -0.39 is 0 Å². The molecule has 102 valence electrons. The molecule has 1 aromatic rings. The Morgan fingerprint density at radius 2 is 2.00 bits per heavy atom. The van der Waals surface area contributed by atoms with Gasteiger partial charge in [-0.1, -0.05) is 26.0 Å². The summed E-state index contributed by atoms with van der Waals surface area (Å²) in [5.74, 6) is 1.65. The molecule has 0 aromatic heterocycles. The number of ether oxygens (including phenoxy) is 1. The van der Waals surface area contributed by atoms with Gasteiger partial charge in [-0.05, 0) is 38.2 Å². The second-order valence-corrected chi connectivity index (χ2v) is 5.41. The molecule has 0 radical (unpaired) electrons. The van der Waals surface area contributed by atoms with E-state index in [4.69, 9.17) is 4.74 Å². The van der Waals surface area contributed by atoms with E-state index in [1.54, 1.807) is 7.11 Å². The van der Waals surface area contributed by atoms with Crippen LogP contribution in [0.2, 0.25) is 0 Å². The summed E-state index contributed by atoms with van der Waals surface area (Å²) >= 11 is 0. The first-order valence-electron chi connectivity index (χ1n) is 6.54. The highest BCUT2D eigenvalue weighted by molar-refractivity contribution is 5.37. The second kappa shape index (κ2) is 7.39. The lowest BCUT2D eigenvalue weighted by atomic mass is 10.1. The molecule has 0 aliphatic rings. The van der Waals surface area contributed by atoms with Crippen molar-refractivity contribution in [1.29, 1.82) is 0 Å². The summed E-state index contributed by atoms with van der Waals surface area (Å²) < 4.78 is 5.47. The predicted molar refractivity (Wildman–Crippen MR) is 76.9 cm³/mol. The van der Waals surface area contributed by atoms with Crippen LogP contribution in [0.25, 0.3) is 0 Å². The Kier molecular flexibility index (Phi) is 6.16. The molecule has 0 amide bonds. The summed E-state index contributed by atoms with van der Waals surface area (Å²) in [5.41, 5.74) is 2.50. The summed E-state index contributed by atoms with van der Waals surface area (Å²) in [7, 11) is 5.88. The Bertz CT molecular complexity index is 362. The van der Waals surface area contributed by atoms with Gasteiger partial charge in [0.1, 0.15) is 5.75 Å². The minimum atomic E-state index is 0.670. The molecule has 0 saturated heterocycles. The number of methoxy groups -OCH3 is 1. The number of rotatable bonds is 7. The number of nitrogens with one attached hydrogen (secondary N) is 1. The van der Waals surface area contributed by atoms with Gasteiger partial charge >= 0.3 is 0 Å². The minimum absolute atomic E-state index is 0.670. The molecule has 0 heterocycles. The Morgan fingerprint density at radius 1 is 1.28 bits per heavy atom. The van der Waals surface area contributed by atoms with Crippen molar-refractivity contribution < 1.29 is 4.74 Å². The number of hydrogen-bond acceptors (Lipinski definition) is 3. The molecule has 1 aromatic carbocycles. The maximum atomic E-state index is 5.47. The Labute approximate surface area is 111 Å². The van der Waals surface area contributed by atoms with Gasteiger partial charge in [-0.15, -0.1) is 0 Å². The van der Waals surface area contributed by atoms with Crippen LogP contribution in [0.5, 0.6) is 5.75 Å². The van der Waals surface area contributed by atoms with Crippen LogP contribution in [0.15, 0.2) is 18.2 Å². The van der Waals surface area contributed by atoms with Crippen LogP contribution in [0.3, 0.4) is 0 Å². The molecule has 1 N–H and O–H groups in total. The van der Waals surface area contributed by atoms with Crippen LogP contribution < -0.4 is 10.1 Å². The van der Waals surface area contributed by atoms with E-state index in [0.717, 1.165) is 25.4 Å².